The summed E-state index contributed by atoms with van der Waals surface area (Å²) in [5.74, 6) is 0.889. The van der Waals surface area contributed by atoms with E-state index in [1.807, 2.05) is 30.3 Å². The Morgan fingerprint density at radius 3 is 2.47 bits per heavy atom. The number of hydrogen-bond donors (Lipinski definition) is 1. The summed E-state index contributed by atoms with van der Waals surface area (Å²) in [6, 6.07) is 9.80. The number of ether oxygens (including phenoxy) is 2. The van der Waals surface area contributed by atoms with Crippen molar-refractivity contribution in [3.8, 4) is 5.75 Å². The van der Waals surface area contributed by atoms with E-state index in [0.29, 0.717) is 13.2 Å². The van der Waals surface area contributed by atoms with Crippen molar-refractivity contribution in [1.82, 2.24) is 5.32 Å². The van der Waals surface area contributed by atoms with Crippen LogP contribution in [-0.2, 0) is 4.74 Å². The standard InChI is InChI=1S/C14H23NO2/c1-4-15-12-14(2,3)17-11-10-16-13-8-6-5-7-9-13/h5-9,15H,4,10-12H2,1-3H3. The summed E-state index contributed by atoms with van der Waals surface area (Å²) >= 11 is 0. The second kappa shape index (κ2) is 7.30. The normalized spacial score (nSPS) is 11.5. The maximum absolute atomic E-state index is 5.77. The highest BCUT2D eigenvalue weighted by molar-refractivity contribution is 5.20. The van der Waals surface area contributed by atoms with E-state index < -0.39 is 0 Å². The molecule has 0 spiro atoms. The number of hydrogen-bond acceptors (Lipinski definition) is 3. The molecule has 0 radical (unpaired) electrons. The van der Waals surface area contributed by atoms with Gasteiger partial charge in [0, 0.05) is 6.54 Å². The summed E-state index contributed by atoms with van der Waals surface area (Å²) in [6.45, 7) is 9.26. The number of para-hydroxylation sites is 1. The van der Waals surface area contributed by atoms with Gasteiger partial charge < -0.3 is 14.8 Å². The molecule has 17 heavy (non-hydrogen) atoms. The molecule has 0 amide bonds. The highest BCUT2D eigenvalue weighted by atomic mass is 16.5. The van der Waals surface area contributed by atoms with Gasteiger partial charge in [0.25, 0.3) is 0 Å². The number of likely N-dealkylation sites (N-methyl/N-ethyl adjacent to an activating group) is 1. The van der Waals surface area contributed by atoms with Gasteiger partial charge in [0.05, 0.1) is 12.2 Å². The van der Waals surface area contributed by atoms with E-state index in [1.54, 1.807) is 0 Å². The molecular formula is C14H23NO2. The predicted molar refractivity (Wildman–Crippen MR) is 70.5 cm³/mol. The molecule has 0 bridgehead atoms. The SMILES string of the molecule is CCNCC(C)(C)OCCOc1ccccc1. The Hall–Kier alpha value is -1.06. The predicted octanol–water partition coefficient (Wildman–Crippen LogP) is 2.47. The molecule has 0 fully saturated rings. The molecule has 0 unspecified atom stereocenters. The first-order valence-corrected chi connectivity index (χ1v) is 6.16. The van der Waals surface area contributed by atoms with Gasteiger partial charge in [-0.05, 0) is 32.5 Å². The summed E-state index contributed by atoms with van der Waals surface area (Å²) in [5.41, 5.74) is -0.143. The number of rotatable bonds is 8. The summed E-state index contributed by atoms with van der Waals surface area (Å²) in [5, 5.41) is 3.28. The van der Waals surface area contributed by atoms with Gasteiger partial charge in [-0.15, -0.1) is 0 Å². The zero-order valence-corrected chi connectivity index (χ0v) is 11.0. The summed E-state index contributed by atoms with van der Waals surface area (Å²) in [7, 11) is 0. The fourth-order valence-corrected chi connectivity index (χ4v) is 1.47. The maximum Gasteiger partial charge on any atom is 0.119 e. The van der Waals surface area contributed by atoms with Gasteiger partial charge in [-0.25, -0.2) is 0 Å². The molecule has 0 aliphatic carbocycles. The average Bonchev–Trinajstić information content (AvgIpc) is 2.34. The van der Waals surface area contributed by atoms with Crippen LogP contribution in [-0.4, -0.2) is 31.9 Å². The smallest absolute Gasteiger partial charge is 0.119 e. The third-order valence-electron chi connectivity index (χ3n) is 2.39. The Labute approximate surface area is 104 Å². The van der Waals surface area contributed by atoms with Crippen LogP contribution in [0.5, 0.6) is 5.75 Å². The van der Waals surface area contributed by atoms with Crippen LogP contribution < -0.4 is 10.1 Å². The molecule has 3 heteroatoms. The molecule has 1 N–H and O–H groups in total. The van der Waals surface area contributed by atoms with Gasteiger partial charge in [0.15, 0.2) is 0 Å². The summed E-state index contributed by atoms with van der Waals surface area (Å²) < 4.78 is 11.3. The van der Waals surface area contributed by atoms with Crippen LogP contribution in [0.4, 0.5) is 0 Å². The van der Waals surface area contributed by atoms with Crippen molar-refractivity contribution in [2.45, 2.75) is 26.4 Å². The second-order valence-corrected chi connectivity index (χ2v) is 4.55. The van der Waals surface area contributed by atoms with Gasteiger partial charge in [0.2, 0.25) is 0 Å². The van der Waals surface area contributed by atoms with Gasteiger partial charge in [0.1, 0.15) is 12.4 Å². The molecule has 1 aromatic carbocycles. The summed E-state index contributed by atoms with van der Waals surface area (Å²) in [4.78, 5) is 0. The second-order valence-electron chi connectivity index (χ2n) is 4.55. The Balaban J connectivity index is 2.15. The van der Waals surface area contributed by atoms with Gasteiger partial charge in [-0.3, -0.25) is 0 Å². The van der Waals surface area contributed by atoms with Gasteiger partial charge >= 0.3 is 0 Å². The lowest BCUT2D eigenvalue weighted by atomic mass is 10.1. The van der Waals surface area contributed by atoms with Crippen molar-refractivity contribution in [3.05, 3.63) is 30.3 Å². The van der Waals surface area contributed by atoms with Crippen molar-refractivity contribution < 1.29 is 9.47 Å². The van der Waals surface area contributed by atoms with Crippen LogP contribution >= 0.6 is 0 Å². The third kappa shape index (κ3) is 6.29. The van der Waals surface area contributed by atoms with Crippen LogP contribution in [0.2, 0.25) is 0 Å². The van der Waals surface area contributed by atoms with Crippen LogP contribution in [0, 0.1) is 0 Å². The topological polar surface area (TPSA) is 30.5 Å². The van der Waals surface area contributed by atoms with Crippen LogP contribution in [0.25, 0.3) is 0 Å². The molecule has 1 aromatic rings. The van der Waals surface area contributed by atoms with Crippen molar-refractivity contribution >= 4 is 0 Å². The molecule has 1 rings (SSSR count). The lowest BCUT2D eigenvalue weighted by Crippen LogP contribution is -2.38. The first-order valence-electron chi connectivity index (χ1n) is 6.16. The van der Waals surface area contributed by atoms with E-state index in [4.69, 9.17) is 9.47 Å². The molecule has 96 valence electrons. The van der Waals surface area contributed by atoms with E-state index in [2.05, 4.69) is 26.1 Å². The fraction of sp³-hybridized carbons (Fsp3) is 0.571. The van der Waals surface area contributed by atoms with Crippen LogP contribution in [0.15, 0.2) is 30.3 Å². The number of benzene rings is 1. The Morgan fingerprint density at radius 1 is 1.12 bits per heavy atom. The highest BCUT2D eigenvalue weighted by Crippen LogP contribution is 2.10. The van der Waals surface area contributed by atoms with Gasteiger partial charge in [-0.2, -0.15) is 0 Å². The Bertz CT molecular complexity index is 298. The molecule has 0 saturated carbocycles. The molecule has 0 atom stereocenters. The van der Waals surface area contributed by atoms with Gasteiger partial charge in [-0.1, -0.05) is 25.1 Å². The van der Waals surface area contributed by atoms with Crippen molar-refractivity contribution in [2.75, 3.05) is 26.3 Å². The van der Waals surface area contributed by atoms with E-state index in [1.165, 1.54) is 0 Å². The monoisotopic (exact) mass is 237 g/mol. The van der Waals surface area contributed by atoms with E-state index >= 15 is 0 Å². The molecule has 0 heterocycles. The Morgan fingerprint density at radius 2 is 1.82 bits per heavy atom. The van der Waals surface area contributed by atoms with E-state index in [0.717, 1.165) is 18.8 Å². The zero-order valence-electron chi connectivity index (χ0n) is 11.0. The Kier molecular flexibility index (Phi) is 6.01. The minimum atomic E-state index is -0.143. The largest absolute Gasteiger partial charge is 0.491 e. The quantitative estimate of drug-likeness (QED) is 0.705. The van der Waals surface area contributed by atoms with E-state index in [9.17, 15) is 0 Å². The van der Waals surface area contributed by atoms with Crippen molar-refractivity contribution in [1.29, 1.82) is 0 Å². The maximum atomic E-state index is 5.77. The summed E-state index contributed by atoms with van der Waals surface area (Å²) in [6.07, 6.45) is 0. The molecule has 0 aliphatic rings. The first kappa shape index (κ1) is 14.0. The van der Waals surface area contributed by atoms with Crippen LogP contribution in [0.3, 0.4) is 0 Å². The lowest BCUT2D eigenvalue weighted by molar-refractivity contribution is -0.0279. The third-order valence-corrected chi connectivity index (χ3v) is 2.39. The fourth-order valence-electron chi connectivity index (χ4n) is 1.47. The number of nitrogens with one attached hydrogen (secondary N) is 1. The van der Waals surface area contributed by atoms with Crippen LogP contribution in [0.1, 0.15) is 20.8 Å². The zero-order chi connectivity index (χ0) is 12.6. The average molecular weight is 237 g/mol. The van der Waals surface area contributed by atoms with Crippen molar-refractivity contribution in [2.24, 2.45) is 0 Å². The molecule has 0 saturated heterocycles. The molecule has 0 aliphatic heterocycles. The lowest BCUT2D eigenvalue weighted by Gasteiger charge is -2.25. The minimum absolute atomic E-state index is 0.143. The first-order chi connectivity index (χ1) is 8.14. The van der Waals surface area contributed by atoms with Crippen molar-refractivity contribution in [3.63, 3.8) is 0 Å². The molecule has 0 aromatic heterocycles. The highest BCUT2D eigenvalue weighted by Gasteiger charge is 2.16. The van der Waals surface area contributed by atoms with E-state index in [-0.39, 0.29) is 5.60 Å². The molecular weight excluding hydrogens is 214 g/mol. The molecule has 3 nitrogen and oxygen atoms in total. The minimum Gasteiger partial charge on any atom is -0.491 e.